The molecule has 3 rings (SSSR count). The van der Waals surface area contributed by atoms with E-state index < -0.39 is 0 Å². The largest absolute Gasteiger partial charge is 0.497 e. The molecule has 0 bridgehead atoms. The van der Waals surface area contributed by atoms with Crippen LogP contribution in [-0.4, -0.2) is 23.4 Å². The molecule has 2 aromatic carbocycles. The first kappa shape index (κ1) is 16.0. The monoisotopic (exact) mass is 338 g/mol. The van der Waals surface area contributed by atoms with Gasteiger partial charge in [0.25, 0.3) is 0 Å². The van der Waals surface area contributed by atoms with E-state index in [9.17, 15) is 0 Å². The number of aromatic amines is 1. The van der Waals surface area contributed by atoms with Crippen molar-refractivity contribution < 1.29 is 4.74 Å². The van der Waals surface area contributed by atoms with Crippen LogP contribution in [-0.2, 0) is 6.54 Å². The van der Waals surface area contributed by atoms with Crippen molar-refractivity contribution in [2.75, 3.05) is 7.11 Å². The molecular formula is C18H18N4OS. The van der Waals surface area contributed by atoms with E-state index in [0.717, 1.165) is 27.8 Å². The molecule has 0 aliphatic heterocycles. The fourth-order valence-electron chi connectivity index (χ4n) is 2.33. The molecule has 0 unspecified atom stereocenters. The first-order valence-corrected chi connectivity index (χ1v) is 7.93. The van der Waals surface area contributed by atoms with Gasteiger partial charge in [-0.2, -0.15) is 5.10 Å². The van der Waals surface area contributed by atoms with Gasteiger partial charge in [0.05, 0.1) is 13.3 Å². The molecule has 0 fully saturated rings. The van der Waals surface area contributed by atoms with Gasteiger partial charge in [-0.25, -0.2) is 0 Å². The SMILES string of the molecule is COc1ccc(CNC(=S)N/N=C/c2c[nH]c3ccccc23)cc1. The molecule has 0 radical (unpaired) electrons. The summed E-state index contributed by atoms with van der Waals surface area (Å²) in [5.41, 5.74) is 6.03. The molecule has 3 aromatic rings. The van der Waals surface area contributed by atoms with E-state index in [4.69, 9.17) is 17.0 Å². The van der Waals surface area contributed by atoms with Gasteiger partial charge in [0.15, 0.2) is 5.11 Å². The summed E-state index contributed by atoms with van der Waals surface area (Å²) in [7, 11) is 1.65. The van der Waals surface area contributed by atoms with Crippen molar-refractivity contribution in [1.29, 1.82) is 0 Å². The predicted octanol–water partition coefficient (Wildman–Crippen LogP) is 3.17. The second-order valence-electron chi connectivity index (χ2n) is 5.19. The van der Waals surface area contributed by atoms with Gasteiger partial charge in [-0.3, -0.25) is 5.43 Å². The van der Waals surface area contributed by atoms with Crippen LogP contribution in [0.4, 0.5) is 0 Å². The number of H-pyrrole nitrogens is 1. The van der Waals surface area contributed by atoms with Crippen molar-refractivity contribution in [1.82, 2.24) is 15.7 Å². The average Bonchev–Trinajstić information content (AvgIpc) is 3.04. The highest BCUT2D eigenvalue weighted by Gasteiger charge is 2.00. The Morgan fingerprint density at radius 2 is 2.00 bits per heavy atom. The Hall–Kier alpha value is -2.86. The fraction of sp³-hybridized carbons (Fsp3) is 0.111. The number of benzene rings is 2. The number of fused-ring (bicyclic) bond motifs is 1. The minimum Gasteiger partial charge on any atom is -0.497 e. The summed E-state index contributed by atoms with van der Waals surface area (Å²) in [5.74, 6) is 0.836. The molecule has 3 N–H and O–H groups in total. The molecule has 1 aromatic heterocycles. The third-order valence-corrected chi connectivity index (χ3v) is 3.84. The Morgan fingerprint density at radius 3 is 2.79 bits per heavy atom. The second-order valence-corrected chi connectivity index (χ2v) is 5.60. The normalized spacial score (nSPS) is 10.9. The quantitative estimate of drug-likeness (QED) is 0.380. The summed E-state index contributed by atoms with van der Waals surface area (Å²) < 4.78 is 5.13. The van der Waals surface area contributed by atoms with Crippen LogP contribution < -0.4 is 15.5 Å². The number of nitrogens with one attached hydrogen (secondary N) is 3. The van der Waals surface area contributed by atoms with Crippen LogP contribution in [0.5, 0.6) is 5.75 Å². The predicted molar refractivity (Wildman–Crippen MR) is 101 cm³/mol. The topological polar surface area (TPSA) is 61.4 Å². The van der Waals surface area contributed by atoms with Crippen molar-refractivity contribution in [3.8, 4) is 5.75 Å². The molecule has 0 saturated heterocycles. The van der Waals surface area contributed by atoms with Crippen LogP contribution in [0.1, 0.15) is 11.1 Å². The Labute approximate surface area is 145 Å². The number of ether oxygens (including phenoxy) is 1. The van der Waals surface area contributed by atoms with Gasteiger partial charge >= 0.3 is 0 Å². The number of hydrogen-bond donors (Lipinski definition) is 3. The Kier molecular flexibility index (Phi) is 5.08. The summed E-state index contributed by atoms with van der Waals surface area (Å²) in [6, 6.07) is 15.9. The third kappa shape index (κ3) is 3.91. The summed E-state index contributed by atoms with van der Waals surface area (Å²) in [6.07, 6.45) is 3.67. The number of nitrogens with zero attached hydrogens (tertiary/aromatic N) is 1. The molecule has 0 aliphatic carbocycles. The number of hydrogen-bond acceptors (Lipinski definition) is 3. The maximum absolute atomic E-state index is 5.22. The first-order chi connectivity index (χ1) is 11.8. The van der Waals surface area contributed by atoms with Crippen molar-refractivity contribution in [3.05, 3.63) is 65.9 Å². The van der Waals surface area contributed by atoms with Crippen molar-refractivity contribution >= 4 is 34.4 Å². The average molecular weight is 338 g/mol. The van der Waals surface area contributed by atoms with Crippen LogP contribution in [0.15, 0.2) is 59.8 Å². The van der Waals surface area contributed by atoms with E-state index in [1.165, 1.54) is 0 Å². The number of rotatable bonds is 5. The lowest BCUT2D eigenvalue weighted by Crippen LogP contribution is -2.31. The van der Waals surface area contributed by atoms with E-state index in [-0.39, 0.29) is 0 Å². The summed E-state index contributed by atoms with van der Waals surface area (Å²) >= 11 is 5.22. The van der Waals surface area contributed by atoms with Gasteiger partial charge in [0, 0.05) is 29.2 Å². The highest BCUT2D eigenvalue weighted by atomic mass is 32.1. The van der Waals surface area contributed by atoms with Crippen LogP contribution in [0.2, 0.25) is 0 Å². The lowest BCUT2D eigenvalue weighted by Gasteiger charge is -2.07. The molecule has 0 aliphatic rings. The van der Waals surface area contributed by atoms with Gasteiger partial charge in [-0.1, -0.05) is 30.3 Å². The molecule has 0 atom stereocenters. The van der Waals surface area contributed by atoms with E-state index in [1.807, 2.05) is 54.7 Å². The molecular weight excluding hydrogens is 320 g/mol. The summed E-state index contributed by atoms with van der Waals surface area (Å²) in [6.45, 7) is 0.623. The maximum Gasteiger partial charge on any atom is 0.187 e. The second kappa shape index (κ2) is 7.61. The Bertz CT molecular complexity index is 855. The summed E-state index contributed by atoms with van der Waals surface area (Å²) in [4.78, 5) is 3.20. The van der Waals surface area contributed by atoms with Crippen LogP contribution in [0.3, 0.4) is 0 Å². The van der Waals surface area contributed by atoms with Gasteiger partial charge < -0.3 is 15.0 Å². The molecule has 24 heavy (non-hydrogen) atoms. The standard InChI is InChI=1S/C18H18N4OS/c1-23-15-8-6-13(7-9-15)10-20-18(24)22-21-12-14-11-19-17-5-3-2-4-16(14)17/h2-9,11-12,19H,10H2,1H3,(H2,20,22,24)/b21-12+. The first-order valence-electron chi connectivity index (χ1n) is 7.52. The van der Waals surface area contributed by atoms with E-state index >= 15 is 0 Å². The van der Waals surface area contributed by atoms with Crippen molar-refractivity contribution in [2.24, 2.45) is 5.10 Å². The van der Waals surface area contributed by atoms with Gasteiger partial charge in [0.2, 0.25) is 0 Å². The zero-order valence-electron chi connectivity index (χ0n) is 13.2. The number of para-hydroxylation sites is 1. The number of thiocarbonyl (C=S) groups is 1. The molecule has 1 heterocycles. The van der Waals surface area contributed by atoms with Gasteiger partial charge in [0.1, 0.15) is 5.75 Å². The zero-order chi connectivity index (χ0) is 16.8. The van der Waals surface area contributed by atoms with E-state index in [2.05, 4.69) is 20.8 Å². The minimum atomic E-state index is 0.474. The smallest absolute Gasteiger partial charge is 0.187 e. The lowest BCUT2D eigenvalue weighted by atomic mass is 10.2. The van der Waals surface area contributed by atoms with Crippen LogP contribution in [0.25, 0.3) is 10.9 Å². The maximum atomic E-state index is 5.22. The number of methoxy groups -OCH3 is 1. The highest BCUT2D eigenvalue weighted by Crippen LogP contribution is 2.15. The van der Waals surface area contributed by atoms with Gasteiger partial charge in [-0.15, -0.1) is 0 Å². The Morgan fingerprint density at radius 1 is 1.21 bits per heavy atom. The third-order valence-electron chi connectivity index (χ3n) is 3.60. The molecule has 0 spiro atoms. The molecule has 0 saturated carbocycles. The summed E-state index contributed by atoms with van der Waals surface area (Å²) in [5, 5.41) is 8.90. The van der Waals surface area contributed by atoms with Gasteiger partial charge in [-0.05, 0) is 36.0 Å². The Balaban J connectivity index is 1.51. The number of aromatic nitrogens is 1. The van der Waals surface area contributed by atoms with E-state index in [0.29, 0.717) is 11.7 Å². The molecule has 5 nitrogen and oxygen atoms in total. The fourth-order valence-corrected chi connectivity index (χ4v) is 2.45. The zero-order valence-corrected chi connectivity index (χ0v) is 14.1. The van der Waals surface area contributed by atoms with E-state index in [1.54, 1.807) is 13.3 Å². The highest BCUT2D eigenvalue weighted by molar-refractivity contribution is 7.80. The lowest BCUT2D eigenvalue weighted by molar-refractivity contribution is 0.414. The number of hydrazone groups is 1. The van der Waals surface area contributed by atoms with Crippen LogP contribution >= 0.6 is 12.2 Å². The van der Waals surface area contributed by atoms with Crippen molar-refractivity contribution in [2.45, 2.75) is 6.54 Å². The van der Waals surface area contributed by atoms with Crippen molar-refractivity contribution in [3.63, 3.8) is 0 Å². The molecule has 122 valence electrons. The minimum absolute atomic E-state index is 0.474. The molecule has 6 heteroatoms. The van der Waals surface area contributed by atoms with Crippen LogP contribution in [0, 0.1) is 0 Å². The molecule has 0 amide bonds.